The Hall–Kier alpha value is -3.91. The molecule has 0 saturated carbocycles. The molecule has 0 aliphatic carbocycles. The molecule has 0 fully saturated rings. The fourth-order valence-electron chi connectivity index (χ4n) is 4.15. The Bertz CT molecular complexity index is 1870. The van der Waals surface area contributed by atoms with Gasteiger partial charge in [0.15, 0.2) is 17.1 Å². The summed E-state index contributed by atoms with van der Waals surface area (Å²) in [5.74, 6) is -0.313. The summed E-state index contributed by atoms with van der Waals surface area (Å²) in [4.78, 5) is 20.2. The van der Waals surface area contributed by atoms with Crippen LogP contribution in [0.3, 0.4) is 0 Å². The number of aryl methyl sites for hydroxylation is 1. The largest absolute Gasteiger partial charge is 0.516 e. The molecular formula is C25H18BrF3N4O5S. The number of benzene rings is 2. The molecule has 2 N–H and O–H groups in total. The smallest absolute Gasteiger partial charge is 0.477 e. The number of furan rings is 1. The lowest BCUT2D eigenvalue weighted by molar-refractivity contribution is -0.0429. The molecular weight excluding hydrogens is 605 g/mol. The van der Waals surface area contributed by atoms with E-state index in [9.17, 15) is 31.5 Å². The summed E-state index contributed by atoms with van der Waals surface area (Å²) in [5.41, 5.74) is -3.61. The van der Waals surface area contributed by atoms with Crippen molar-refractivity contribution in [2.75, 3.05) is 4.72 Å². The van der Waals surface area contributed by atoms with Gasteiger partial charge in [-0.1, -0.05) is 25.1 Å². The Labute approximate surface area is 227 Å². The molecule has 202 valence electrons. The number of para-hydroxylation sites is 1. The Morgan fingerprint density at radius 3 is 2.56 bits per heavy atom. The van der Waals surface area contributed by atoms with Gasteiger partial charge in [-0.25, -0.2) is 14.8 Å². The van der Waals surface area contributed by atoms with Crippen molar-refractivity contribution in [2.45, 2.75) is 25.4 Å². The molecule has 0 unspecified atom stereocenters. The lowest BCUT2D eigenvalue weighted by Gasteiger charge is -2.13. The molecule has 14 heteroatoms. The molecule has 5 aromatic rings. The minimum absolute atomic E-state index is 0.106. The van der Waals surface area contributed by atoms with E-state index >= 15 is 0 Å². The number of carbonyl (C=O) groups is 1. The topological polar surface area (TPSA) is 127 Å². The Morgan fingerprint density at radius 1 is 1.13 bits per heavy atom. The van der Waals surface area contributed by atoms with E-state index < -0.39 is 21.5 Å². The van der Waals surface area contributed by atoms with Crippen LogP contribution in [0, 0.1) is 0 Å². The van der Waals surface area contributed by atoms with Crippen LogP contribution in [0.25, 0.3) is 33.5 Å². The van der Waals surface area contributed by atoms with E-state index in [0.29, 0.717) is 45.4 Å². The number of hydrogen-bond donors (Lipinski definition) is 2. The summed E-state index contributed by atoms with van der Waals surface area (Å²) in [6.07, 6.45) is 0.575. The average Bonchev–Trinajstić information content (AvgIpc) is 3.40. The Balaban J connectivity index is 1.56. The predicted octanol–water partition coefficient (Wildman–Crippen LogP) is 6.18. The minimum atomic E-state index is -5.65. The van der Waals surface area contributed by atoms with Gasteiger partial charge in [-0.2, -0.15) is 21.6 Å². The number of aromatic nitrogens is 3. The zero-order valence-electron chi connectivity index (χ0n) is 20.0. The number of halogens is 4. The van der Waals surface area contributed by atoms with Crippen LogP contribution in [-0.2, 0) is 23.0 Å². The molecule has 0 bridgehead atoms. The highest BCUT2D eigenvalue weighted by molar-refractivity contribution is 9.10. The number of sulfonamides is 1. The minimum Gasteiger partial charge on any atom is -0.477 e. The first-order valence-corrected chi connectivity index (χ1v) is 13.7. The number of rotatable bonds is 7. The molecule has 0 amide bonds. The van der Waals surface area contributed by atoms with Crippen molar-refractivity contribution in [2.24, 2.45) is 0 Å². The van der Waals surface area contributed by atoms with Crippen LogP contribution in [0.4, 0.5) is 18.9 Å². The van der Waals surface area contributed by atoms with Crippen LogP contribution in [-0.4, -0.2) is 39.5 Å². The number of hydrogen-bond acceptors (Lipinski definition) is 6. The molecule has 0 radical (unpaired) electrons. The summed E-state index contributed by atoms with van der Waals surface area (Å²) in [7, 11) is -5.65. The summed E-state index contributed by atoms with van der Waals surface area (Å²) >= 11 is 3.46. The highest BCUT2D eigenvalue weighted by atomic mass is 79.9. The van der Waals surface area contributed by atoms with Gasteiger partial charge in [-0.05, 0) is 57.9 Å². The Kier molecular flexibility index (Phi) is 6.63. The van der Waals surface area contributed by atoms with Gasteiger partial charge in [0, 0.05) is 17.4 Å². The van der Waals surface area contributed by atoms with Crippen LogP contribution in [0.5, 0.6) is 0 Å². The maximum Gasteiger partial charge on any atom is 0.516 e. The average molecular weight is 623 g/mol. The van der Waals surface area contributed by atoms with Gasteiger partial charge in [-0.3, -0.25) is 4.72 Å². The molecule has 0 aliphatic heterocycles. The normalized spacial score (nSPS) is 12.3. The highest BCUT2D eigenvalue weighted by Gasteiger charge is 2.46. The van der Waals surface area contributed by atoms with Crippen molar-refractivity contribution >= 4 is 59.7 Å². The standard InChI is InChI=1S/C25H18BrF3N4O5S/c1-2-20-30-17-8-9-18(24(34)35)31-23(17)33(20)12-13-7-10-19-15(11-13)21(26)22(38-19)14-5-3-4-6-16(14)32-39(36,37)25(27,28)29/h3-11,32H,2,12H2,1H3,(H,34,35). The van der Waals surface area contributed by atoms with E-state index in [2.05, 4.69) is 25.9 Å². The fourth-order valence-corrected chi connectivity index (χ4v) is 5.33. The van der Waals surface area contributed by atoms with E-state index in [0.717, 1.165) is 5.56 Å². The number of carboxylic acids is 1. The van der Waals surface area contributed by atoms with Crippen LogP contribution in [0.15, 0.2) is 63.5 Å². The number of nitrogens with zero attached hydrogens (tertiary/aromatic N) is 3. The van der Waals surface area contributed by atoms with E-state index in [4.69, 9.17) is 4.42 Å². The molecule has 3 aromatic heterocycles. The van der Waals surface area contributed by atoms with E-state index in [1.54, 1.807) is 35.1 Å². The van der Waals surface area contributed by atoms with Crippen molar-refractivity contribution in [3.63, 3.8) is 0 Å². The van der Waals surface area contributed by atoms with Crippen LogP contribution >= 0.6 is 15.9 Å². The van der Waals surface area contributed by atoms with Crippen molar-refractivity contribution in [3.8, 4) is 11.3 Å². The molecule has 2 aromatic carbocycles. The zero-order valence-corrected chi connectivity index (χ0v) is 22.4. The lowest BCUT2D eigenvalue weighted by Crippen LogP contribution is -2.30. The first-order chi connectivity index (χ1) is 18.4. The number of imidazole rings is 1. The number of aromatic carboxylic acids is 1. The first kappa shape index (κ1) is 26.7. The van der Waals surface area contributed by atoms with Crippen LogP contribution in [0.2, 0.25) is 0 Å². The molecule has 9 nitrogen and oxygen atoms in total. The van der Waals surface area contributed by atoms with Crippen molar-refractivity contribution in [1.29, 1.82) is 0 Å². The van der Waals surface area contributed by atoms with Crippen LogP contribution in [0.1, 0.15) is 28.8 Å². The summed E-state index contributed by atoms with van der Waals surface area (Å²) in [5, 5.41) is 9.95. The van der Waals surface area contributed by atoms with Gasteiger partial charge in [0.1, 0.15) is 16.9 Å². The number of anilines is 1. The third-order valence-electron chi connectivity index (χ3n) is 5.96. The second-order valence-corrected chi connectivity index (χ2v) is 11.0. The second-order valence-electron chi connectivity index (χ2n) is 8.48. The molecule has 0 atom stereocenters. The summed E-state index contributed by atoms with van der Waals surface area (Å²) in [6.45, 7) is 2.23. The zero-order chi connectivity index (χ0) is 28.1. The van der Waals surface area contributed by atoms with Gasteiger partial charge in [0.05, 0.1) is 16.7 Å². The number of carboxylic acid groups (broad SMARTS) is 1. The number of fused-ring (bicyclic) bond motifs is 2. The number of nitrogens with one attached hydrogen (secondary N) is 1. The van der Waals surface area contributed by atoms with Gasteiger partial charge in [-0.15, -0.1) is 0 Å². The van der Waals surface area contributed by atoms with E-state index in [1.165, 1.54) is 24.3 Å². The summed E-state index contributed by atoms with van der Waals surface area (Å²) < 4.78 is 72.2. The van der Waals surface area contributed by atoms with Crippen molar-refractivity contribution < 1.29 is 35.9 Å². The third kappa shape index (κ3) is 4.85. The monoisotopic (exact) mass is 622 g/mol. The molecule has 0 saturated heterocycles. The first-order valence-electron chi connectivity index (χ1n) is 11.4. The van der Waals surface area contributed by atoms with Gasteiger partial charge >= 0.3 is 21.5 Å². The van der Waals surface area contributed by atoms with E-state index in [-0.39, 0.29) is 22.7 Å². The fraction of sp³-hybridized carbons (Fsp3) is 0.160. The highest BCUT2D eigenvalue weighted by Crippen LogP contribution is 2.42. The van der Waals surface area contributed by atoms with Crippen molar-refractivity contribution in [3.05, 3.63) is 76.2 Å². The lowest BCUT2D eigenvalue weighted by atomic mass is 10.1. The van der Waals surface area contributed by atoms with Gasteiger partial charge < -0.3 is 14.1 Å². The van der Waals surface area contributed by atoms with E-state index in [1.807, 2.05) is 11.5 Å². The molecule has 0 spiro atoms. The molecule has 3 heterocycles. The maximum atomic E-state index is 13.0. The molecule has 5 rings (SSSR count). The summed E-state index contributed by atoms with van der Waals surface area (Å²) in [6, 6.07) is 13.9. The molecule has 39 heavy (non-hydrogen) atoms. The SMILES string of the molecule is CCc1nc2ccc(C(=O)O)nc2n1Cc1ccc2oc(-c3ccccc3NS(=O)(=O)C(F)(F)F)c(Br)c2c1. The number of alkyl halides is 3. The number of pyridine rings is 1. The van der Waals surface area contributed by atoms with Gasteiger partial charge in [0.2, 0.25) is 0 Å². The Morgan fingerprint density at radius 2 is 1.87 bits per heavy atom. The maximum absolute atomic E-state index is 13.0. The van der Waals surface area contributed by atoms with Gasteiger partial charge in [0.25, 0.3) is 0 Å². The quantitative estimate of drug-likeness (QED) is 0.222. The third-order valence-corrected chi connectivity index (χ3v) is 7.85. The van der Waals surface area contributed by atoms with Crippen LogP contribution < -0.4 is 4.72 Å². The predicted molar refractivity (Wildman–Crippen MR) is 141 cm³/mol. The second kappa shape index (κ2) is 9.68. The molecule has 0 aliphatic rings. The van der Waals surface area contributed by atoms with Crippen molar-refractivity contribution in [1.82, 2.24) is 14.5 Å².